The van der Waals surface area contributed by atoms with Gasteiger partial charge in [0.25, 0.3) is 0 Å². The Balaban J connectivity index is 1.99. The molecule has 0 aliphatic rings. The largest absolute Gasteiger partial charge is 0.468 e. The molecule has 7 heteroatoms. The summed E-state index contributed by atoms with van der Waals surface area (Å²) in [7, 11) is 1.38. The molecule has 0 aliphatic heterocycles. The maximum atomic E-state index is 11.5. The number of carbonyl (C=O) groups is 1. The predicted molar refractivity (Wildman–Crippen MR) is 101 cm³/mol. The number of carbonyl (C=O) groups excluding carboxylic acids is 1. The first kappa shape index (κ1) is 17.7. The van der Waals surface area contributed by atoms with Crippen molar-refractivity contribution in [2.75, 3.05) is 12.9 Å². The van der Waals surface area contributed by atoms with Crippen LogP contribution in [0.5, 0.6) is 0 Å². The molecule has 0 atom stereocenters. The number of methoxy groups -OCH3 is 1. The summed E-state index contributed by atoms with van der Waals surface area (Å²) in [5, 5.41) is 9.32. The molecule has 2 aromatic carbocycles. The van der Waals surface area contributed by atoms with Gasteiger partial charge in [-0.2, -0.15) is 0 Å². The Morgan fingerprint density at radius 3 is 2.56 bits per heavy atom. The van der Waals surface area contributed by atoms with Crippen LogP contribution in [-0.2, 0) is 16.1 Å². The van der Waals surface area contributed by atoms with E-state index in [1.807, 2.05) is 47.0 Å². The van der Waals surface area contributed by atoms with Crippen molar-refractivity contribution in [2.24, 2.45) is 0 Å². The van der Waals surface area contributed by atoms with Crippen molar-refractivity contribution in [3.05, 3.63) is 64.6 Å². The number of esters is 1. The van der Waals surface area contributed by atoms with E-state index < -0.39 is 0 Å². The van der Waals surface area contributed by atoms with Crippen LogP contribution >= 0.6 is 27.7 Å². The molecule has 128 valence electrons. The van der Waals surface area contributed by atoms with Crippen LogP contribution in [0.1, 0.15) is 5.56 Å². The van der Waals surface area contributed by atoms with Gasteiger partial charge in [-0.1, -0.05) is 76.2 Å². The highest BCUT2D eigenvalue weighted by Crippen LogP contribution is 2.30. The summed E-state index contributed by atoms with van der Waals surface area (Å²) >= 11 is 4.89. The quantitative estimate of drug-likeness (QED) is 0.447. The molecule has 0 bridgehead atoms. The molecule has 3 aromatic rings. The van der Waals surface area contributed by atoms with E-state index in [1.54, 1.807) is 0 Å². The van der Waals surface area contributed by atoms with Crippen molar-refractivity contribution in [1.29, 1.82) is 0 Å². The number of hydrogen-bond donors (Lipinski definition) is 0. The summed E-state index contributed by atoms with van der Waals surface area (Å²) in [6, 6.07) is 18.0. The number of ether oxygens (including phenoxy) is 1. The molecule has 3 rings (SSSR count). The summed E-state index contributed by atoms with van der Waals surface area (Å²) in [5.41, 5.74) is 2.09. The van der Waals surface area contributed by atoms with E-state index >= 15 is 0 Å². The Morgan fingerprint density at radius 2 is 1.84 bits per heavy atom. The van der Waals surface area contributed by atoms with E-state index in [-0.39, 0.29) is 11.7 Å². The number of rotatable bonds is 6. The Kier molecular flexibility index (Phi) is 5.88. The molecular formula is C18H16BrN3O2S. The van der Waals surface area contributed by atoms with Gasteiger partial charge in [-0.05, 0) is 11.6 Å². The second kappa shape index (κ2) is 8.31. The first-order valence-electron chi connectivity index (χ1n) is 7.60. The zero-order valence-electron chi connectivity index (χ0n) is 13.6. The smallest absolute Gasteiger partial charge is 0.316 e. The molecular weight excluding hydrogens is 402 g/mol. The van der Waals surface area contributed by atoms with Gasteiger partial charge in [0.1, 0.15) is 0 Å². The van der Waals surface area contributed by atoms with Crippen LogP contribution in [0.2, 0.25) is 0 Å². The molecule has 5 nitrogen and oxygen atoms in total. The molecule has 0 aliphatic carbocycles. The van der Waals surface area contributed by atoms with Gasteiger partial charge in [-0.25, -0.2) is 0 Å². The van der Waals surface area contributed by atoms with Crippen LogP contribution in [0.15, 0.2) is 64.2 Å². The van der Waals surface area contributed by atoms with Crippen LogP contribution < -0.4 is 0 Å². The van der Waals surface area contributed by atoms with E-state index in [4.69, 9.17) is 4.74 Å². The minimum absolute atomic E-state index is 0.194. The molecule has 25 heavy (non-hydrogen) atoms. The second-order valence-electron chi connectivity index (χ2n) is 5.22. The lowest BCUT2D eigenvalue weighted by atomic mass is 10.2. The van der Waals surface area contributed by atoms with Gasteiger partial charge < -0.3 is 4.74 Å². The highest BCUT2D eigenvalue weighted by molar-refractivity contribution is 9.10. The van der Waals surface area contributed by atoms with Gasteiger partial charge in [-0.3, -0.25) is 9.36 Å². The highest BCUT2D eigenvalue weighted by atomic mass is 79.9. The predicted octanol–water partition coefficient (Wildman–Crippen LogP) is 4.02. The van der Waals surface area contributed by atoms with Crippen molar-refractivity contribution in [3.63, 3.8) is 0 Å². The lowest BCUT2D eigenvalue weighted by Crippen LogP contribution is -2.07. The molecule has 1 heterocycles. The summed E-state index contributed by atoms with van der Waals surface area (Å²) in [4.78, 5) is 11.5. The summed E-state index contributed by atoms with van der Waals surface area (Å²) < 4.78 is 7.68. The topological polar surface area (TPSA) is 57.0 Å². The van der Waals surface area contributed by atoms with Gasteiger partial charge in [-0.15, -0.1) is 10.2 Å². The van der Waals surface area contributed by atoms with E-state index in [0.717, 1.165) is 21.4 Å². The van der Waals surface area contributed by atoms with Crippen molar-refractivity contribution < 1.29 is 9.53 Å². The van der Waals surface area contributed by atoms with Crippen LogP contribution in [0.25, 0.3) is 11.4 Å². The van der Waals surface area contributed by atoms with E-state index in [0.29, 0.717) is 11.7 Å². The van der Waals surface area contributed by atoms with Crippen molar-refractivity contribution in [2.45, 2.75) is 11.7 Å². The van der Waals surface area contributed by atoms with Crippen LogP contribution in [-0.4, -0.2) is 33.6 Å². The number of aromatic nitrogens is 3. The summed E-state index contributed by atoms with van der Waals surface area (Å²) in [5.74, 6) is 0.657. The van der Waals surface area contributed by atoms with Crippen molar-refractivity contribution in [3.8, 4) is 11.4 Å². The fraction of sp³-hybridized carbons (Fsp3) is 0.167. The third kappa shape index (κ3) is 4.29. The molecule has 0 fully saturated rings. The first-order valence-corrected chi connectivity index (χ1v) is 9.38. The average molecular weight is 418 g/mol. The SMILES string of the molecule is COC(=O)CSc1nnc(-c2ccccc2Br)n1Cc1ccccc1. The third-order valence-electron chi connectivity index (χ3n) is 3.56. The number of thioether (sulfide) groups is 1. The standard InChI is InChI=1S/C18H16BrN3O2S/c1-24-16(23)12-25-18-21-20-17(14-9-5-6-10-15(14)19)22(18)11-13-7-3-2-4-8-13/h2-10H,11-12H2,1H3. The fourth-order valence-electron chi connectivity index (χ4n) is 2.33. The fourth-order valence-corrected chi connectivity index (χ4v) is 3.56. The van der Waals surface area contributed by atoms with E-state index in [1.165, 1.54) is 18.9 Å². The minimum atomic E-state index is -0.290. The maximum absolute atomic E-state index is 11.5. The van der Waals surface area contributed by atoms with Gasteiger partial charge in [0.15, 0.2) is 11.0 Å². The summed E-state index contributed by atoms with van der Waals surface area (Å²) in [6.07, 6.45) is 0. The number of nitrogens with zero attached hydrogens (tertiary/aromatic N) is 3. The van der Waals surface area contributed by atoms with E-state index in [9.17, 15) is 4.79 Å². The third-order valence-corrected chi connectivity index (χ3v) is 5.19. The maximum Gasteiger partial charge on any atom is 0.316 e. The Bertz CT molecular complexity index is 868. The first-order chi connectivity index (χ1) is 12.2. The number of hydrogen-bond acceptors (Lipinski definition) is 5. The van der Waals surface area contributed by atoms with Crippen LogP contribution in [0, 0.1) is 0 Å². The molecule has 0 unspecified atom stereocenters. The number of halogens is 1. The van der Waals surface area contributed by atoms with Gasteiger partial charge in [0.05, 0.1) is 19.4 Å². The average Bonchev–Trinajstić information content (AvgIpc) is 3.03. The Hall–Kier alpha value is -2.12. The molecule has 0 saturated heterocycles. The van der Waals surface area contributed by atoms with Crippen LogP contribution in [0.3, 0.4) is 0 Å². The van der Waals surface area contributed by atoms with Crippen molar-refractivity contribution >= 4 is 33.7 Å². The lowest BCUT2D eigenvalue weighted by molar-refractivity contribution is -0.137. The van der Waals surface area contributed by atoms with Crippen molar-refractivity contribution in [1.82, 2.24) is 14.8 Å². The summed E-state index contributed by atoms with van der Waals surface area (Å²) in [6.45, 7) is 0.619. The molecule has 1 aromatic heterocycles. The molecule has 0 spiro atoms. The zero-order valence-corrected chi connectivity index (χ0v) is 16.0. The second-order valence-corrected chi connectivity index (χ2v) is 7.02. The normalized spacial score (nSPS) is 10.6. The van der Waals surface area contributed by atoms with E-state index in [2.05, 4.69) is 38.3 Å². The lowest BCUT2D eigenvalue weighted by Gasteiger charge is -2.11. The zero-order chi connectivity index (χ0) is 17.6. The highest BCUT2D eigenvalue weighted by Gasteiger charge is 2.17. The monoisotopic (exact) mass is 417 g/mol. The van der Waals surface area contributed by atoms with Gasteiger partial charge >= 0.3 is 5.97 Å². The molecule has 0 saturated carbocycles. The van der Waals surface area contributed by atoms with Gasteiger partial charge in [0, 0.05) is 10.0 Å². The number of benzene rings is 2. The molecule has 0 N–H and O–H groups in total. The Morgan fingerprint density at radius 1 is 1.12 bits per heavy atom. The molecule has 0 amide bonds. The molecule has 0 radical (unpaired) electrons. The van der Waals surface area contributed by atoms with Crippen LogP contribution in [0.4, 0.5) is 0 Å². The minimum Gasteiger partial charge on any atom is -0.468 e. The van der Waals surface area contributed by atoms with Gasteiger partial charge in [0.2, 0.25) is 0 Å². The Labute approximate surface area is 158 Å².